The zero-order valence-corrected chi connectivity index (χ0v) is 16.7. The van der Waals surface area contributed by atoms with Crippen LogP contribution in [0.3, 0.4) is 0 Å². The van der Waals surface area contributed by atoms with Crippen LogP contribution in [0.15, 0.2) is 54.9 Å². The van der Waals surface area contributed by atoms with Crippen LogP contribution in [-0.4, -0.2) is 52.9 Å². The van der Waals surface area contributed by atoms with Crippen molar-refractivity contribution in [3.05, 3.63) is 60.4 Å². The first kappa shape index (κ1) is 20.0. The molecular formula is C22H25N5O3. The Morgan fingerprint density at radius 2 is 1.87 bits per heavy atom. The highest BCUT2D eigenvalue weighted by Gasteiger charge is 2.40. The minimum atomic E-state index is -0.830. The van der Waals surface area contributed by atoms with E-state index >= 15 is 0 Å². The van der Waals surface area contributed by atoms with E-state index in [4.69, 9.17) is 0 Å². The van der Waals surface area contributed by atoms with Gasteiger partial charge in [-0.15, -0.1) is 0 Å². The third-order valence-electron chi connectivity index (χ3n) is 5.50. The van der Waals surface area contributed by atoms with Crippen LogP contribution in [0, 0.1) is 0 Å². The summed E-state index contributed by atoms with van der Waals surface area (Å²) in [5.74, 6) is -0.609. The van der Waals surface area contributed by atoms with E-state index in [1.165, 1.54) is 5.56 Å². The Labute approximate surface area is 175 Å². The lowest BCUT2D eigenvalue weighted by Crippen LogP contribution is -2.46. The first-order valence-electron chi connectivity index (χ1n) is 10.2. The highest BCUT2D eigenvalue weighted by molar-refractivity contribution is 6.22. The molecule has 8 nitrogen and oxygen atoms in total. The molecule has 4 amide bonds. The number of hydrogen-bond acceptors (Lipinski definition) is 5. The third kappa shape index (κ3) is 4.65. The van der Waals surface area contributed by atoms with E-state index in [0.29, 0.717) is 5.69 Å². The molecule has 0 bridgehead atoms. The molecule has 156 valence electrons. The maximum absolute atomic E-state index is 12.6. The molecule has 1 aromatic heterocycles. The first-order valence-corrected chi connectivity index (χ1v) is 10.2. The van der Waals surface area contributed by atoms with Gasteiger partial charge in [-0.3, -0.25) is 19.5 Å². The van der Waals surface area contributed by atoms with Crippen molar-refractivity contribution in [1.29, 1.82) is 0 Å². The number of hydrogen-bond donors (Lipinski definition) is 2. The van der Waals surface area contributed by atoms with Gasteiger partial charge in [-0.05, 0) is 36.6 Å². The van der Waals surface area contributed by atoms with E-state index in [1.807, 2.05) is 18.3 Å². The molecule has 0 spiro atoms. The fourth-order valence-corrected chi connectivity index (χ4v) is 3.95. The summed E-state index contributed by atoms with van der Waals surface area (Å²) in [5, 5.41) is 5.64. The Morgan fingerprint density at radius 3 is 2.57 bits per heavy atom. The number of piperidine rings is 1. The fourth-order valence-electron chi connectivity index (χ4n) is 3.95. The Morgan fingerprint density at radius 1 is 1.10 bits per heavy atom. The van der Waals surface area contributed by atoms with E-state index in [0.717, 1.165) is 37.4 Å². The highest BCUT2D eigenvalue weighted by atomic mass is 16.2. The Bertz CT molecular complexity index is 898. The van der Waals surface area contributed by atoms with Crippen LogP contribution in [0.1, 0.15) is 24.8 Å². The molecule has 1 aromatic carbocycles. The maximum atomic E-state index is 12.6. The number of carbonyl (C=O) groups is 3. The van der Waals surface area contributed by atoms with Crippen molar-refractivity contribution < 1.29 is 14.4 Å². The summed E-state index contributed by atoms with van der Waals surface area (Å²) in [5.41, 5.74) is 1.68. The molecular weight excluding hydrogens is 382 g/mol. The Kier molecular flexibility index (Phi) is 6.04. The van der Waals surface area contributed by atoms with Gasteiger partial charge in [0.25, 0.3) is 5.91 Å². The zero-order chi connectivity index (χ0) is 20.9. The highest BCUT2D eigenvalue weighted by Crippen LogP contribution is 2.20. The van der Waals surface area contributed by atoms with Crippen molar-refractivity contribution >= 4 is 23.5 Å². The summed E-state index contributed by atoms with van der Waals surface area (Å²) in [7, 11) is 0. The number of benzene rings is 1. The number of nitrogens with one attached hydrogen (secondary N) is 2. The second-order valence-corrected chi connectivity index (χ2v) is 7.69. The average Bonchev–Trinajstić information content (AvgIpc) is 3.03. The topological polar surface area (TPSA) is 94.6 Å². The quantitative estimate of drug-likeness (QED) is 0.711. The van der Waals surface area contributed by atoms with E-state index < -0.39 is 18.0 Å². The third-order valence-corrected chi connectivity index (χ3v) is 5.50. The summed E-state index contributed by atoms with van der Waals surface area (Å²) in [4.78, 5) is 44.9. The largest absolute Gasteiger partial charge is 0.353 e. The molecule has 8 heteroatoms. The SMILES string of the molecule is O=C(CC1NC(=O)N(c2ccccc2)C1=O)NC1CCN(Cc2cccnc2)CC1. The van der Waals surface area contributed by atoms with Crippen molar-refractivity contribution in [2.45, 2.75) is 37.9 Å². The standard InChI is InChI=1S/C22H25N5O3/c28-20(13-19-21(29)27(22(30)25-19)18-6-2-1-3-7-18)24-17-8-11-26(12-9-17)15-16-5-4-10-23-14-16/h1-7,10,14,17,19H,8-9,11-13,15H2,(H,24,28)(H,25,30). The molecule has 2 N–H and O–H groups in total. The van der Waals surface area contributed by atoms with Gasteiger partial charge in [0.15, 0.2) is 0 Å². The summed E-state index contributed by atoms with van der Waals surface area (Å²) in [6.07, 6.45) is 5.30. The molecule has 0 saturated carbocycles. The number of imide groups is 1. The van der Waals surface area contributed by atoms with Crippen LogP contribution in [0.25, 0.3) is 0 Å². The van der Waals surface area contributed by atoms with Gasteiger partial charge in [0, 0.05) is 38.1 Å². The predicted octanol–water partition coefficient (Wildman–Crippen LogP) is 1.68. The zero-order valence-electron chi connectivity index (χ0n) is 16.7. The van der Waals surface area contributed by atoms with E-state index in [1.54, 1.807) is 30.5 Å². The summed E-state index contributed by atoms with van der Waals surface area (Å²) < 4.78 is 0. The van der Waals surface area contributed by atoms with Gasteiger partial charge < -0.3 is 10.6 Å². The molecule has 2 aliphatic heterocycles. The number of aromatic nitrogens is 1. The molecule has 30 heavy (non-hydrogen) atoms. The number of urea groups is 1. The second kappa shape index (κ2) is 9.04. The smallest absolute Gasteiger partial charge is 0.329 e. The van der Waals surface area contributed by atoms with E-state index in [-0.39, 0.29) is 18.4 Å². The number of para-hydroxylation sites is 1. The maximum Gasteiger partial charge on any atom is 0.329 e. The van der Waals surface area contributed by atoms with Crippen LogP contribution in [0.2, 0.25) is 0 Å². The van der Waals surface area contributed by atoms with E-state index in [9.17, 15) is 14.4 Å². The summed E-state index contributed by atoms with van der Waals surface area (Å²) >= 11 is 0. The van der Waals surface area contributed by atoms with Gasteiger partial charge in [0.05, 0.1) is 12.1 Å². The molecule has 0 aliphatic carbocycles. The van der Waals surface area contributed by atoms with Crippen molar-refractivity contribution in [3.8, 4) is 0 Å². The number of nitrogens with zero attached hydrogens (tertiary/aromatic N) is 3. The van der Waals surface area contributed by atoms with Gasteiger partial charge in [-0.25, -0.2) is 9.69 Å². The van der Waals surface area contributed by atoms with Crippen molar-refractivity contribution in [2.75, 3.05) is 18.0 Å². The molecule has 3 heterocycles. The first-order chi connectivity index (χ1) is 14.6. The number of anilines is 1. The number of rotatable bonds is 6. The molecule has 2 fully saturated rings. The number of pyridine rings is 1. The van der Waals surface area contributed by atoms with Crippen LogP contribution in [0.4, 0.5) is 10.5 Å². The molecule has 4 rings (SSSR count). The minimum absolute atomic E-state index is 0.0518. The summed E-state index contributed by atoms with van der Waals surface area (Å²) in [6.45, 7) is 2.63. The van der Waals surface area contributed by atoms with Crippen LogP contribution in [0.5, 0.6) is 0 Å². The summed E-state index contributed by atoms with van der Waals surface area (Å²) in [6, 6.07) is 11.5. The van der Waals surface area contributed by atoms with Gasteiger partial charge in [-0.1, -0.05) is 24.3 Å². The predicted molar refractivity (Wildman–Crippen MR) is 112 cm³/mol. The molecule has 2 aliphatic rings. The molecule has 1 atom stereocenters. The molecule has 1 unspecified atom stereocenters. The number of amides is 4. The van der Waals surface area contributed by atoms with Gasteiger partial charge in [0.2, 0.25) is 5.91 Å². The van der Waals surface area contributed by atoms with E-state index in [2.05, 4.69) is 26.6 Å². The normalized spacial score (nSPS) is 20.3. The molecule has 2 saturated heterocycles. The Balaban J connectivity index is 1.24. The fraction of sp³-hybridized carbons (Fsp3) is 0.364. The van der Waals surface area contributed by atoms with Crippen LogP contribution < -0.4 is 15.5 Å². The van der Waals surface area contributed by atoms with Gasteiger partial charge in [0.1, 0.15) is 6.04 Å². The number of carbonyl (C=O) groups excluding carboxylic acids is 3. The Hall–Kier alpha value is -3.26. The minimum Gasteiger partial charge on any atom is -0.353 e. The monoisotopic (exact) mass is 407 g/mol. The van der Waals surface area contributed by atoms with Crippen molar-refractivity contribution in [1.82, 2.24) is 20.5 Å². The lowest BCUT2D eigenvalue weighted by atomic mass is 10.0. The number of likely N-dealkylation sites (tertiary alicyclic amines) is 1. The van der Waals surface area contributed by atoms with Crippen LogP contribution >= 0.6 is 0 Å². The van der Waals surface area contributed by atoms with Gasteiger partial charge in [-0.2, -0.15) is 0 Å². The molecule has 2 aromatic rings. The van der Waals surface area contributed by atoms with Crippen LogP contribution in [-0.2, 0) is 16.1 Å². The second-order valence-electron chi connectivity index (χ2n) is 7.69. The van der Waals surface area contributed by atoms with Crippen molar-refractivity contribution in [3.63, 3.8) is 0 Å². The van der Waals surface area contributed by atoms with Gasteiger partial charge >= 0.3 is 6.03 Å². The van der Waals surface area contributed by atoms with Crippen molar-refractivity contribution in [2.24, 2.45) is 0 Å². The lowest BCUT2D eigenvalue weighted by molar-refractivity contribution is -0.126. The molecule has 0 radical (unpaired) electrons. The lowest BCUT2D eigenvalue weighted by Gasteiger charge is -2.32. The average molecular weight is 407 g/mol.